The van der Waals surface area contributed by atoms with E-state index in [-0.39, 0.29) is 24.2 Å². The summed E-state index contributed by atoms with van der Waals surface area (Å²) < 4.78 is 27.0. The summed E-state index contributed by atoms with van der Waals surface area (Å²) in [5.41, 5.74) is 1.87. The number of aryl methyl sites for hydroxylation is 1. The summed E-state index contributed by atoms with van der Waals surface area (Å²) in [5.74, 6) is -0.809. The zero-order valence-electron chi connectivity index (χ0n) is 20.0. The van der Waals surface area contributed by atoms with Crippen LogP contribution in [0.15, 0.2) is 46.9 Å². The Kier molecular flexibility index (Phi) is 9.96. The number of nitrogens with one attached hydrogen (secondary N) is 1. The Bertz CT molecular complexity index is 1140. The molecule has 0 aliphatic rings. The minimum absolute atomic E-state index is 0.0556. The van der Waals surface area contributed by atoms with E-state index < -0.39 is 28.5 Å². The van der Waals surface area contributed by atoms with E-state index in [9.17, 15) is 18.0 Å². The number of hydrogen-bond acceptors (Lipinski definition) is 4. The second kappa shape index (κ2) is 12.0. The highest BCUT2D eigenvalue weighted by Crippen LogP contribution is 2.25. The maximum absolute atomic E-state index is 13.5. The van der Waals surface area contributed by atoms with E-state index in [0.29, 0.717) is 5.02 Å². The van der Waals surface area contributed by atoms with Crippen LogP contribution >= 0.6 is 27.5 Å². The first kappa shape index (κ1) is 28.1. The second-order valence-corrected chi connectivity index (χ2v) is 11.6. The number of nitrogens with zero attached hydrogens (tertiary/aromatic N) is 2. The first-order valence-electron chi connectivity index (χ1n) is 10.9. The van der Waals surface area contributed by atoms with Crippen molar-refractivity contribution in [2.24, 2.45) is 0 Å². The molecule has 0 unspecified atom stereocenters. The standard InChI is InChI=1S/C24H31BrClN3O4S/c1-6-17(3)27-24(31)18(4)28(14-19-8-7-9-20(25)12-19)23(30)15-29(34(5,32)33)21-11-10-16(2)22(26)13-21/h7-13,17-18H,6,14-15H2,1-5H3,(H,27,31)/t17-,18+/m0/s1. The van der Waals surface area contributed by atoms with Crippen molar-refractivity contribution < 1.29 is 18.0 Å². The van der Waals surface area contributed by atoms with Crippen LogP contribution in [0.1, 0.15) is 38.3 Å². The molecule has 7 nitrogen and oxygen atoms in total. The number of hydrogen-bond donors (Lipinski definition) is 1. The average molecular weight is 573 g/mol. The molecular weight excluding hydrogens is 542 g/mol. The minimum atomic E-state index is -3.81. The van der Waals surface area contributed by atoms with Crippen LogP contribution in [0.2, 0.25) is 5.02 Å². The van der Waals surface area contributed by atoms with Gasteiger partial charge in [-0.15, -0.1) is 0 Å². The number of carbonyl (C=O) groups excluding carboxylic acids is 2. The second-order valence-electron chi connectivity index (χ2n) is 8.35. The van der Waals surface area contributed by atoms with Crippen LogP contribution in [-0.4, -0.2) is 50.0 Å². The number of benzene rings is 2. The van der Waals surface area contributed by atoms with Gasteiger partial charge in [0.2, 0.25) is 21.8 Å². The lowest BCUT2D eigenvalue weighted by Gasteiger charge is -2.32. The molecule has 0 heterocycles. The molecular formula is C24H31BrClN3O4S. The molecule has 186 valence electrons. The van der Waals surface area contributed by atoms with E-state index in [4.69, 9.17) is 11.6 Å². The summed E-state index contributed by atoms with van der Waals surface area (Å²) in [7, 11) is -3.81. The molecule has 2 rings (SSSR count). The van der Waals surface area contributed by atoms with Crippen LogP contribution in [0, 0.1) is 6.92 Å². The fourth-order valence-corrected chi connectivity index (χ4v) is 4.69. The molecule has 0 saturated carbocycles. The van der Waals surface area contributed by atoms with Gasteiger partial charge in [-0.1, -0.05) is 52.7 Å². The van der Waals surface area contributed by atoms with Gasteiger partial charge in [0, 0.05) is 22.1 Å². The fraction of sp³-hybridized carbons (Fsp3) is 0.417. The monoisotopic (exact) mass is 571 g/mol. The topological polar surface area (TPSA) is 86.8 Å². The third-order valence-electron chi connectivity index (χ3n) is 5.53. The van der Waals surface area contributed by atoms with Crippen LogP contribution in [0.4, 0.5) is 5.69 Å². The highest BCUT2D eigenvalue weighted by atomic mass is 79.9. The summed E-state index contributed by atoms with van der Waals surface area (Å²) >= 11 is 9.63. The van der Waals surface area contributed by atoms with E-state index in [0.717, 1.165) is 32.6 Å². The van der Waals surface area contributed by atoms with Gasteiger partial charge in [0.1, 0.15) is 12.6 Å². The van der Waals surface area contributed by atoms with Crippen molar-refractivity contribution in [2.45, 2.75) is 52.7 Å². The fourth-order valence-electron chi connectivity index (χ4n) is 3.23. The molecule has 2 atom stereocenters. The van der Waals surface area contributed by atoms with Crippen molar-refractivity contribution in [3.8, 4) is 0 Å². The number of carbonyl (C=O) groups is 2. The maximum atomic E-state index is 13.5. The number of amides is 2. The van der Waals surface area contributed by atoms with Crippen molar-refractivity contribution in [3.63, 3.8) is 0 Å². The lowest BCUT2D eigenvalue weighted by atomic mass is 10.1. The van der Waals surface area contributed by atoms with Crippen LogP contribution in [0.25, 0.3) is 0 Å². The Labute approximate surface area is 215 Å². The summed E-state index contributed by atoms with van der Waals surface area (Å²) in [6.45, 7) is 6.96. The highest BCUT2D eigenvalue weighted by molar-refractivity contribution is 9.10. The quantitative estimate of drug-likeness (QED) is 0.454. The Hall–Kier alpha value is -2.10. The summed E-state index contributed by atoms with van der Waals surface area (Å²) in [5, 5.41) is 3.29. The van der Waals surface area contributed by atoms with Crippen molar-refractivity contribution in [2.75, 3.05) is 17.1 Å². The van der Waals surface area contributed by atoms with Gasteiger partial charge >= 0.3 is 0 Å². The Morgan fingerprint density at radius 1 is 1.15 bits per heavy atom. The molecule has 10 heteroatoms. The van der Waals surface area contributed by atoms with Gasteiger partial charge in [-0.3, -0.25) is 13.9 Å². The summed E-state index contributed by atoms with van der Waals surface area (Å²) in [6.07, 6.45) is 1.78. The van der Waals surface area contributed by atoms with Gasteiger partial charge in [0.15, 0.2) is 0 Å². The number of rotatable bonds is 10. The number of halogens is 2. The number of sulfonamides is 1. The largest absolute Gasteiger partial charge is 0.352 e. The third-order valence-corrected chi connectivity index (χ3v) is 7.57. The van der Waals surface area contributed by atoms with E-state index >= 15 is 0 Å². The third kappa shape index (κ3) is 7.71. The number of anilines is 1. The Balaban J connectivity index is 2.41. The molecule has 2 aromatic rings. The average Bonchev–Trinajstić information content (AvgIpc) is 2.76. The van der Waals surface area contributed by atoms with Gasteiger partial charge in [-0.05, 0) is 62.6 Å². The molecule has 0 aromatic heterocycles. The van der Waals surface area contributed by atoms with Gasteiger partial charge in [0.25, 0.3) is 0 Å². The van der Waals surface area contributed by atoms with E-state index in [1.54, 1.807) is 26.0 Å². The molecule has 0 saturated heterocycles. The van der Waals surface area contributed by atoms with E-state index in [1.807, 2.05) is 38.1 Å². The van der Waals surface area contributed by atoms with Gasteiger partial charge in [-0.25, -0.2) is 8.42 Å². The molecule has 2 aromatic carbocycles. The predicted octanol–water partition coefficient (Wildman–Crippen LogP) is 4.51. The van der Waals surface area contributed by atoms with Crippen LogP contribution in [-0.2, 0) is 26.2 Å². The van der Waals surface area contributed by atoms with Gasteiger partial charge in [0.05, 0.1) is 11.9 Å². The van der Waals surface area contributed by atoms with Crippen molar-refractivity contribution >= 4 is 55.1 Å². The minimum Gasteiger partial charge on any atom is -0.352 e. The first-order valence-corrected chi connectivity index (χ1v) is 13.9. The molecule has 0 aliphatic heterocycles. The van der Waals surface area contributed by atoms with Crippen LogP contribution < -0.4 is 9.62 Å². The van der Waals surface area contributed by atoms with Crippen molar-refractivity contribution in [1.29, 1.82) is 0 Å². The highest BCUT2D eigenvalue weighted by Gasteiger charge is 2.30. The molecule has 0 aliphatic carbocycles. The smallest absolute Gasteiger partial charge is 0.244 e. The lowest BCUT2D eigenvalue weighted by molar-refractivity contribution is -0.139. The molecule has 1 N–H and O–H groups in total. The maximum Gasteiger partial charge on any atom is 0.244 e. The molecule has 2 amide bonds. The van der Waals surface area contributed by atoms with Crippen molar-refractivity contribution in [1.82, 2.24) is 10.2 Å². The van der Waals surface area contributed by atoms with Crippen LogP contribution in [0.3, 0.4) is 0 Å². The Morgan fingerprint density at radius 3 is 2.38 bits per heavy atom. The summed E-state index contributed by atoms with van der Waals surface area (Å²) in [4.78, 5) is 27.8. The molecule has 34 heavy (non-hydrogen) atoms. The molecule has 0 bridgehead atoms. The molecule has 0 radical (unpaired) electrons. The summed E-state index contributed by atoms with van der Waals surface area (Å²) in [6, 6.07) is 11.3. The normalized spacial score (nSPS) is 13.1. The first-order chi connectivity index (χ1) is 15.8. The SMILES string of the molecule is CC[C@H](C)NC(=O)[C@@H](C)N(Cc1cccc(Br)c1)C(=O)CN(c1ccc(C)c(Cl)c1)S(C)(=O)=O. The van der Waals surface area contributed by atoms with Gasteiger partial charge < -0.3 is 10.2 Å². The Morgan fingerprint density at radius 2 is 1.82 bits per heavy atom. The zero-order valence-corrected chi connectivity index (χ0v) is 23.2. The zero-order chi connectivity index (χ0) is 25.6. The molecule has 0 spiro atoms. The van der Waals surface area contributed by atoms with Crippen LogP contribution in [0.5, 0.6) is 0 Å². The van der Waals surface area contributed by atoms with E-state index in [2.05, 4.69) is 21.2 Å². The lowest BCUT2D eigenvalue weighted by Crippen LogP contribution is -2.52. The van der Waals surface area contributed by atoms with Gasteiger partial charge in [-0.2, -0.15) is 0 Å². The predicted molar refractivity (Wildman–Crippen MR) is 140 cm³/mol. The van der Waals surface area contributed by atoms with Crippen molar-refractivity contribution in [3.05, 3.63) is 63.1 Å². The molecule has 0 fully saturated rings. The van der Waals surface area contributed by atoms with E-state index in [1.165, 1.54) is 11.0 Å².